The van der Waals surface area contributed by atoms with Gasteiger partial charge in [0.2, 0.25) is 0 Å². The average molecular weight is 851 g/mol. The van der Waals surface area contributed by atoms with Crippen LogP contribution in [0.25, 0.3) is 0 Å². The van der Waals surface area contributed by atoms with Crippen molar-refractivity contribution in [1.29, 1.82) is 0 Å². The minimum Gasteiger partial charge on any atom is -0.495 e. The van der Waals surface area contributed by atoms with Gasteiger partial charge >= 0.3 is 0 Å². The van der Waals surface area contributed by atoms with Gasteiger partial charge in [-0.3, -0.25) is 24.1 Å². The SMILES string of the molecule is C#Cc1ccc(OC2C(C)(C)C(NC(=O)c3ccc(N4CCOC(CN(C(C)C)C5CC(Oc6ccc(F)c(C(=O)N[C@H]7CCC(=O)CC7=O)c6)C5)C4)cc3)C2(C)C)cc1OC. The van der Waals surface area contributed by atoms with Crippen LogP contribution in [0.4, 0.5) is 10.1 Å². The maximum Gasteiger partial charge on any atom is 0.254 e. The lowest BCUT2D eigenvalue weighted by Crippen LogP contribution is -2.74. The molecule has 1 heterocycles. The predicted molar refractivity (Wildman–Crippen MR) is 233 cm³/mol. The van der Waals surface area contributed by atoms with Gasteiger partial charge in [0.1, 0.15) is 41.1 Å². The molecule has 0 spiro atoms. The van der Waals surface area contributed by atoms with E-state index in [0.717, 1.165) is 31.6 Å². The Hall–Kier alpha value is -5.45. The van der Waals surface area contributed by atoms with E-state index >= 15 is 0 Å². The van der Waals surface area contributed by atoms with Crippen molar-refractivity contribution in [2.45, 2.75) is 116 Å². The molecule has 12 nitrogen and oxygen atoms in total. The highest BCUT2D eigenvalue weighted by atomic mass is 19.1. The van der Waals surface area contributed by atoms with Gasteiger partial charge < -0.3 is 34.5 Å². The third-order valence-electron chi connectivity index (χ3n) is 13.2. The first-order valence-electron chi connectivity index (χ1n) is 21.6. The Morgan fingerprint density at radius 1 is 0.968 bits per heavy atom. The normalized spacial score (nSPS) is 25.3. The van der Waals surface area contributed by atoms with Crippen molar-refractivity contribution in [3.63, 3.8) is 0 Å². The second kappa shape index (κ2) is 18.1. The number of terminal acetylenes is 1. The summed E-state index contributed by atoms with van der Waals surface area (Å²) >= 11 is 0. The molecular weight excluding hydrogens is 792 g/mol. The molecule has 1 unspecified atom stereocenters. The number of halogens is 1. The number of methoxy groups -OCH3 is 1. The van der Waals surface area contributed by atoms with Crippen LogP contribution in [-0.4, -0.2) is 104 Å². The number of hydrogen-bond acceptors (Lipinski definition) is 10. The van der Waals surface area contributed by atoms with Crippen LogP contribution in [0.15, 0.2) is 60.7 Å². The quantitative estimate of drug-likeness (QED) is 0.139. The van der Waals surface area contributed by atoms with Crippen molar-refractivity contribution < 1.29 is 42.5 Å². The van der Waals surface area contributed by atoms with Crippen LogP contribution in [-0.2, 0) is 14.3 Å². The Bertz CT molecular complexity index is 2200. The number of carbonyl (C=O) groups excluding carboxylic acids is 4. The van der Waals surface area contributed by atoms with Crippen LogP contribution >= 0.6 is 0 Å². The molecule has 2 N–H and O–H groups in total. The number of morpholine rings is 1. The zero-order valence-corrected chi connectivity index (χ0v) is 36.8. The summed E-state index contributed by atoms with van der Waals surface area (Å²) in [5, 5.41) is 5.89. The summed E-state index contributed by atoms with van der Waals surface area (Å²) in [7, 11) is 1.58. The summed E-state index contributed by atoms with van der Waals surface area (Å²) in [4.78, 5) is 55.1. The predicted octanol–water partition coefficient (Wildman–Crippen LogP) is 6.37. The molecule has 3 aliphatic carbocycles. The van der Waals surface area contributed by atoms with E-state index in [2.05, 4.69) is 67.9 Å². The van der Waals surface area contributed by atoms with Crippen LogP contribution in [0.5, 0.6) is 17.2 Å². The van der Waals surface area contributed by atoms with Crippen molar-refractivity contribution in [3.8, 4) is 29.6 Å². The third-order valence-corrected chi connectivity index (χ3v) is 13.2. The number of Topliss-reactive ketones (excluding diaryl/α,β-unsaturated/α-hetero) is 2. The number of ether oxygens (including phenoxy) is 4. The Morgan fingerprint density at radius 2 is 1.66 bits per heavy atom. The number of hydrogen-bond donors (Lipinski definition) is 2. The fraction of sp³-hybridized carbons (Fsp3) is 0.510. The number of ketones is 2. The maximum absolute atomic E-state index is 14.7. The van der Waals surface area contributed by atoms with Crippen LogP contribution in [0.3, 0.4) is 0 Å². The number of anilines is 1. The number of benzene rings is 3. The molecule has 1 aliphatic heterocycles. The van der Waals surface area contributed by atoms with Gasteiger partial charge in [-0.1, -0.05) is 33.6 Å². The molecule has 4 aliphatic rings. The summed E-state index contributed by atoms with van der Waals surface area (Å²) in [6.07, 6.45) is 7.04. The van der Waals surface area contributed by atoms with E-state index in [-0.39, 0.29) is 89.6 Å². The minimum atomic E-state index is -0.802. The van der Waals surface area contributed by atoms with E-state index in [1.807, 2.05) is 42.5 Å². The molecule has 3 aromatic carbocycles. The molecule has 3 aromatic rings. The van der Waals surface area contributed by atoms with Gasteiger partial charge in [-0.25, -0.2) is 4.39 Å². The second-order valence-corrected chi connectivity index (χ2v) is 18.6. The first-order valence-corrected chi connectivity index (χ1v) is 21.6. The first-order chi connectivity index (χ1) is 29.5. The van der Waals surface area contributed by atoms with Gasteiger partial charge in [0.05, 0.1) is 43.4 Å². The van der Waals surface area contributed by atoms with Crippen LogP contribution < -0.4 is 29.7 Å². The molecule has 7 rings (SSSR count). The lowest BCUT2D eigenvalue weighted by atomic mass is 9.49. The third kappa shape index (κ3) is 9.32. The van der Waals surface area contributed by atoms with Crippen molar-refractivity contribution in [1.82, 2.24) is 15.5 Å². The topological polar surface area (TPSA) is 136 Å². The molecule has 0 radical (unpaired) electrons. The lowest BCUT2D eigenvalue weighted by molar-refractivity contribution is -0.164. The number of nitrogens with zero attached hydrogens (tertiary/aromatic N) is 2. The fourth-order valence-electron chi connectivity index (χ4n) is 10.0. The van der Waals surface area contributed by atoms with Crippen LogP contribution in [0.1, 0.15) is 99.9 Å². The van der Waals surface area contributed by atoms with E-state index in [1.54, 1.807) is 7.11 Å². The lowest BCUT2D eigenvalue weighted by Gasteiger charge is -2.63. The summed E-state index contributed by atoms with van der Waals surface area (Å²) in [5.41, 5.74) is 1.37. The Labute approximate surface area is 364 Å². The molecule has 62 heavy (non-hydrogen) atoms. The second-order valence-electron chi connectivity index (χ2n) is 18.6. The average Bonchev–Trinajstić information content (AvgIpc) is 3.23. The molecule has 2 atom stereocenters. The van der Waals surface area contributed by atoms with Crippen molar-refractivity contribution >= 4 is 29.1 Å². The standard InChI is InChI=1S/C49H59FN4O8/c1-9-30-12-16-36(26-43(30)59-8)62-47-48(4,5)46(49(47,6)7)52-44(57)31-10-13-32(14-11-31)53-20-21-60-38(27-53)28-54(29(2)3)33-22-37(23-33)61-35-17-18-40(50)39(25-35)45(58)51-41-19-15-34(55)24-42(41)56/h1,10-14,16-18,25-26,29,33,37-38,41,46-47H,15,19-24,27-28H2,2-8H3,(H,51,58)(H,52,57)/t33?,37?,38?,41-,46?,47?/m0/s1. The van der Waals surface area contributed by atoms with Crippen LogP contribution in [0.2, 0.25) is 0 Å². The first kappa shape index (κ1) is 44.6. The molecular formula is C49H59FN4O8. The van der Waals surface area contributed by atoms with E-state index in [4.69, 9.17) is 25.4 Å². The molecule has 2 amide bonds. The van der Waals surface area contributed by atoms with Gasteiger partial charge in [-0.2, -0.15) is 0 Å². The molecule has 3 saturated carbocycles. The van der Waals surface area contributed by atoms with Crippen molar-refractivity contribution in [2.75, 3.05) is 38.3 Å². The monoisotopic (exact) mass is 850 g/mol. The van der Waals surface area contributed by atoms with Gasteiger partial charge in [-0.05, 0) is 74.9 Å². The molecule has 1 saturated heterocycles. The molecule has 0 bridgehead atoms. The highest BCUT2D eigenvalue weighted by Gasteiger charge is 2.64. The Balaban J connectivity index is 0.897. The summed E-state index contributed by atoms with van der Waals surface area (Å²) in [6.45, 7) is 15.5. The number of amides is 2. The molecule has 0 aromatic heterocycles. The molecule has 13 heteroatoms. The molecule has 4 fully saturated rings. The minimum absolute atomic E-state index is 0.0315. The summed E-state index contributed by atoms with van der Waals surface area (Å²) in [5.74, 6) is 2.21. The zero-order valence-electron chi connectivity index (χ0n) is 36.8. The van der Waals surface area contributed by atoms with Gasteiger partial charge in [0.15, 0.2) is 5.78 Å². The number of nitrogens with one attached hydrogen (secondary N) is 2. The largest absolute Gasteiger partial charge is 0.495 e. The summed E-state index contributed by atoms with van der Waals surface area (Å²) in [6, 6.07) is 16.9. The highest BCUT2D eigenvalue weighted by molar-refractivity contribution is 6.06. The van der Waals surface area contributed by atoms with E-state index in [9.17, 15) is 23.6 Å². The molecule has 330 valence electrons. The van der Waals surface area contributed by atoms with Gasteiger partial charge in [0, 0.05) is 85.2 Å². The van der Waals surface area contributed by atoms with Crippen LogP contribution in [0, 0.1) is 29.0 Å². The highest BCUT2D eigenvalue weighted by Crippen LogP contribution is 2.55. The number of rotatable bonds is 14. The van der Waals surface area contributed by atoms with E-state index in [0.29, 0.717) is 41.5 Å². The number of carbonyl (C=O) groups is 4. The Kier molecular flexibility index (Phi) is 13.0. The van der Waals surface area contributed by atoms with Crippen molar-refractivity contribution in [2.24, 2.45) is 10.8 Å². The fourth-order valence-corrected chi connectivity index (χ4v) is 10.0. The van der Waals surface area contributed by atoms with Gasteiger partial charge in [0.25, 0.3) is 11.8 Å². The smallest absolute Gasteiger partial charge is 0.254 e. The van der Waals surface area contributed by atoms with Crippen molar-refractivity contribution in [3.05, 3.63) is 83.2 Å². The van der Waals surface area contributed by atoms with Gasteiger partial charge in [-0.15, -0.1) is 6.42 Å². The Morgan fingerprint density at radius 3 is 2.32 bits per heavy atom. The zero-order chi connectivity index (χ0) is 44.5. The van der Waals surface area contributed by atoms with E-state index < -0.39 is 17.8 Å². The summed E-state index contributed by atoms with van der Waals surface area (Å²) < 4.78 is 39.2. The maximum atomic E-state index is 14.7. The van der Waals surface area contributed by atoms with E-state index in [1.165, 1.54) is 18.2 Å².